The molecule has 0 aliphatic rings. The van der Waals surface area contributed by atoms with Crippen LogP contribution in [0.3, 0.4) is 0 Å². The maximum Gasteiger partial charge on any atom is 0.339 e. The molecule has 0 aliphatic carbocycles. The van der Waals surface area contributed by atoms with Crippen molar-refractivity contribution >= 4 is 28.3 Å². The van der Waals surface area contributed by atoms with E-state index in [0.29, 0.717) is 11.3 Å². The molecule has 0 radical (unpaired) electrons. The number of fused-ring (bicyclic) bond motifs is 1. The number of carbonyl (C=O) groups excluding carboxylic acids is 2. The normalized spacial score (nSPS) is 10.4. The lowest BCUT2D eigenvalue weighted by molar-refractivity contribution is -0.119. The number of ether oxygens (including phenoxy) is 1. The maximum absolute atomic E-state index is 13.1. The van der Waals surface area contributed by atoms with E-state index < -0.39 is 24.3 Å². The standard InChI is InChI=1S/C19H14FNO3/c20-14-7-4-8-15(11-14)21-18(22)12-24-19(23)17-10-3-6-13-5-1-2-9-16(13)17/h1-11H,12H2,(H,21,22). The zero-order valence-electron chi connectivity index (χ0n) is 12.7. The third-order valence-electron chi connectivity index (χ3n) is 3.45. The summed E-state index contributed by atoms with van der Waals surface area (Å²) in [5.74, 6) is -1.57. The molecule has 0 atom stereocenters. The first-order valence-electron chi connectivity index (χ1n) is 7.34. The Kier molecular flexibility index (Phi) is 4.52. The Hall–Kier alpha value is -3.21. The first-order valence-corrected chi connectivity index (χ1v) is 7.34. The van der Waals surface area contributed by atoms with Gasteiger partial charge in [-0.1, -0.05) is 42.5 Å². The molecule has 0 saturated carbocycles. The second-order valence-corrected chi connectivity index (χ2v) is 5.16. The summed E-state index contributed by atoms with van der Waals surface area (Å²) in [6.45, 7) is -0.446. The van der Waals surface area contributed by atoms with Gasteiger partial charge in [0.25, 0.3) is 5.91 Å². The molecule has 3 aromatic carbocycles. The number of rotatable bonds is 4. The molecule has 24 heavy (non-hydrogen) atoms. The van der Waals surface area contributed by atoms with Gasteiger partial charge in [0.15, 0.2) is 6.61 Å². The Balaban J connectivity index is 1.65. The highest BCUT2D eigenvalue weighted by atomic mass is 19.1. The first kappa shape index (κ1) is 15.7. The number of carbonyl (C=O) groups is 2. The summed E-state index contributed by atoms with van der Waals surface area (Å²) in [5.41, 5.74) is 0.702. The van der Waals surface area contributed by atoms with Crippen molar-refractivity contribution in [1.29, 1.82) is 0 Å². The van der Waals surface area contributed by atoms with Crippen molar-refractivity contribution in [2.75, 3.05) is 11.9 Å². The number of hydrogen-bond acceptors (Lipinski definition) is 3. The highest BCUT2D eigenvalue weighted by Gasteiger charge is 2.13. The van der Waals surface area contributed by atoms with Gasteiger partial charge in [-0.05, 0) is 35.0 Å². The van der Waals surface area contributed by atoms with Crippen LogP contribution in [-0.4, -0.2) is 18.5 Å². The lowest BCUT2D eigenvalue weighted by atomic mass is 10.1. The van der Waals surface area contributed by atoms with E-state index in [0.717, 1.165) is 10.8 Å². The summed E-state index contributed by atoms with van der Waals surface area (Å²) < 4.78 is 18.1. The molecule has 1 N–H and O–H groups in total. The lowest BCUT2D eigenvalue weighted by Crippen LogP contribution is -2.21. The van der Waals surface area contributed by atoms with Gasteiger partial charge in [-0.25, -0.2) is 9.18 Å². The van der Waals surface area contributed by atoms with Crippen LogP contribution < -0.4 is 5.32 Å². The van der Waals surface area contributed by atoms with Gasteiger partial charge in [0.05, 0.1) is 5.56 Å². The summed E-state index contributed by atoms with van der Waals surface area (Å²) in [6, 6.07) is 18.2. The molecule has 0 unspecified atom stereocenters. The average molecular weight is 323 g/mol. The number of halogens is 1. The van der Waals surface area contributed by atoms with E-state index in [1.54, 1.807) is 18.2 Å². The van der Waals surface area contributed by atoms with Crippen molar-refractivity contribution in [3.63, 3.8) is 0 Å². The van der Waals surface area contributed by atoms with Crippen molar-refractivity contribution in [3.05, 3.63) is 78.1 Å². The molecule has 0 heterocycles. The Bertz CT molecular complexity index is 903. The van der Waals surface area contributed by atoms with Crippen molar-refractivity contribution in [2.45, 2.75) is 0 Å². The largest absolute Gasteiger partial charge is 0.452 e. The zero-order chi connectivity index (χ0) is 16.9. The molecular weight excluding hydrogens is 309 g/mol. The number of amides is 1. The zero-order valence-corrected chi connectivity index (χ0v) is 12.7. The molecule has 1 amide bonds. The van der Waals surface area contributed by atoms with E-state index >= 15 is 0 Å². The van der Waals surface area contributed by atoms with Gasteiger partial charge in [0, 0.05) is 5.69 Å². The number of hydrogen-bond donors (Lipinski definition) is 1. The van der Waals surface area contributed by atoms with Gasteiger partial charge < -0.3 is 10.1 Å². The molecular formula is C19H14FNO3. The SMILES string of the molecule is O=C(COC(=O)c1cccc2ccccc12)Nc1cccc(F)c1. The van der Waals surface area contributed by atoms with E-state index in [1.165, 1.54) is 18.2 Å². The highest BCUT2D eigenvalue weighted by molar-refractivity contribution is 6.05. The number of anilines is 1. The van der Waals surface area contributed by atoms with Gasteiger partial charge in [0.2, 0.25) is 0 Å². The van der Waals surface area contributed by atoms with Crippen LogP contribution in [0.4, 0.5) is 10.1 Å². The Morgan fingerprint density at radius 1 is 0.958 bits per heavy atom. The Labute approximate surface area is 137 Å². The minimum atomic E-state index is -0.582. The quantitative estimate of drug-likeness (QED) is 0.744. The summed E-state index contributed by atoms with van der Waals surface area (Å²) in [5, 5.41) is 4.14. The lowest BCUT2D eigenvalue weighted by Gasteiger charge is -2.08. The molecule has 3 rings (SSSR count). The molecule has 0 aromatic heterocycles. The summed E-state index contributed by atoms with van der Waals surface area (Å²) in [7, 11) is 0. The minimum Gasteiger partial charge on any atom is -0.452 e. The topological polar surface area (TPSA) is 55.4 Å². The minimum absolute atomic E-state index is 0.307. The molecule has 0 saturated heterocycles. The third kappa shape index (κ3) is 3.57. The second-order valence-electron chi connectivity index (χ2n) is 5.16. The second kappa shape index (κ2) is 6.91. The van der Waals surface area contributed by atoms with Crippen LogP contribution in [-0.2, 0) is 9.53 Å². The van der Waals surface area contributed by atoms with Gasteiger partial charge in [0.1, 0.15) is 5.82 Å². The van der Waals surface area contributed by atoms with E-state index in [1.807, 2.05) is 30.3 Å². The fourth-order valence-corrected chi connectivity index (χ4v) is 2.38. The first-order chi connectivity index (χ1) is 11.6. The van der Waals surface area contributed by atoms with Crippen molar-refractivity contribution in [2.24, 2.45) is 0 Å². The Morgan fingerprint density at radius 2 is 1.71 bits per heavy atom. The van der Waals surface area contributed by atoms with Gasteiger partial charge in [-0.2, -0.15) is 0 Å². The van der Waals surface area contributed by atoms with E-state index in [4.69, 9.17) is 4.74 Å². The van der Waals surface area contributed by atoms with Crippen molar-refractivity contribution in [1.82, 2.24) is 0 Å². The van der Waals surface area contributed by atoms with Gasteiger partial charge >= 0.3 is 5.97 Å². The van der Waals surface area contributed by atoms with Crippen molar-refractivity contribution in [3.8, 4) is 0 Å². The molecule has 4 nitrogen and oxygen atoms in total. The summed E-state index contributed by atoms with van der Waals surface area (Å²) in [4.78, 5) is 24.0. The molecule has 0 aliphatic heterocycles. The third-order valence-corrected chi connectivity index (χ3v) is 3.45. The monoisotopic (exact) mass is 323 g/mol. The number of benzene rings is 3. The summed E-state index contributed by atoms with van der Waals surface area (Å²) >= 11 is 0. The average Bonchev–Trinajstić information content (AvgIpc) is 2.59. The summed E-state index contributed by atoms with van der Waals surface area (Å²) in [6.07, 6.45) is 0. The number of esters is 1. The van der Waals surface area contributed by atoms with Crippen LogP contribution in [0.5, 0.6) is 0 Å². The molecule has 120 valence electrons. The number of nitrogens with one attached hydrogen (secondary N) is 1. The van der Waals surface area contributed by atoms with E-state index in [9.17, 15) is 14.0 Å². The molecule has 0 fully saturated rings. The molecule has 0 spiro atoms. The molecule has 0 bridgehead atoms. The fourth-order valence-electron chi connectivity index (χ4n) is 2.38. The van der Waals surface area contributed by atoms with Crippen LogP contribution in [0.2, 0.25) is 0 Å². The van der Waals surface area contributed by atoms with Crippen LogP contribution >= 0.6 is 0 Å². The highest BCUT2D eigenvalue weighted by Crippen LogP contribution is 2.19. The van der Waals surface area contributed by atoms with Crippen LogP contribution in [0.15, 0.2) is 66.7 Å². The predicted octanol–water partition coefficient (Wildman–Crippen LogP) is 3.77. The van der Waals surface area contributed by atoms with Crippen molar-refractivity contribution < 1.29 is 18.7 Å². The fraction of sp³-hybridized carbons (Fsp3) is 0.0526. The Morgan fingerprint density at radius 3 is 2.54 bits per heavy atom. The van der Waals surface area contributed by atoms with E-state index in [-0.39, 0.29) is 0 Å². The molecule has 3 aromatic rings. The van der Waals surface area contributed by atoms with Crippen LogP contribution in [0.25, 0.3) is 10.8 Å². The van der Waals surface area contributed by atoms with Gasteiger partial charge in [-0.15, -0.1) is 0 Å². The molecule has 5 heteroatoms. The van der Waals surface area contributed by atoms with Gasteiger partial charge in [-0.3, -0.25) is 4.79 Å². The van der Waals surface area contributed by atoms with E-state index in [2.05, 4.69) is 5.32 Å². The maximum atomic E-state index is 13.1. The predicted molar refractivity (Wildman–Crippen MR) is 89.3 cm³/mol. The smallest absolute Gasteiger partial charge is 0.339 e. The van der Waals surface area contributed by atoms with Crippen LogP contribution in [0, 0.1) is 5.82 Å². The van der Waals surface area contributed by atoms with Crippen LogP contribution in [0.1, 0.15) is 10.4 Å².